The van der Waals surface area contributed by atoms with Crippen molar-refractivity contribution in [3.8, 4) is 0 Å². The molecular formula is C15H14N2. The molecule has 0 atom stereocenters. The number of aromatic nitrogens is 2. The lowest BCUT2D eigenvalue weighted by Gasteiger charge is -2.02. The highest BCUT2D eigenvalue weighted by Gasteiger charge is 1.99. The molecule has 0 aliphatic heterocycles. The van der Waals surface area contributed by atoms with Gasteiger partial charge < -0.3 is 0 Å². The van der Waals surface area contributed by atoms with E-state index in [2.05, 4.69) is 58.7 Å². The molecular weight excluding hydrogens is 208 g/mol. The summed E-state index contributed by atoms with van der Waals surface area (Å²) < 4.78 is 0. The van der Waals surface area contributed by atoms with E-state index in [9.17, 15) is 0 Å². The maximum atomic E-state index is 4.04. The van der Waals surface area contributed by atoms with E-state index in [-0.39, 0.29) is 0 Å². The average Bonchev–Trinajstić information content (AvgIpc) is 2.85. The van der Waals surface area contributed by atoms with E-state index in [1.807, 2.05) is 6.20 Å². The standard InChI is InChI=1S/C15H14N2/c1-2-4-12(5-3-1)6-7-13-8-9-14-11-16-17-15(14)10-13/h1-5,8-11H,6-7H2,(H,16,17). The smallest absolute Gasteiger partial charge is 0.0653 e. The van der Waals surface area contributed by atoms with Crippen LogP contribution in [0.4, 0.5) is 0 Å². The van der Waals surface area contributed by atoms with Crippen molar-refractivity contribution in [2.24, 2.45) is 0 Å². The maximum absolute atomic E-state index is 4.04. The van der Waals surface area contributed by atoms with Gasteiger partial charge in [0, 0.05) is 5.39 Å². The fourth-order valence-corrected chi connectivity index (χ4v) is 2.07. The Morgan fingerprint density at radius 3 is 2.59 bits per heavy atom. The van der Waals surface area contributed by atoms with E-state index < -0.39 is 0 Å². The molecule has 1 N–H and O–H groups in total. The molecule has 0 aliphatic carbocycles. The summed E-state index contributed by atoms with van der Waals surface area (Å²) in [6.07, 6.45) is 4.01. The lowest BCUT2D eigenvalue weighted by atomic mass is 10.0. The van der Waals surface area contributed by atoms with E-state index in [0.717, 1.165) is 18.4 Å². The number of hydrogen-bond acceptors (Lipinski definition) is 1. The molecule has 2 aromatic carbocycles. The molecule has 0 radical (unpaired) electrons. The highest BCUT2D eigenvalue weighted by atomic mass is 15.1. The maximum Gasteiger partial charge on any atom is 0.0653 e. The summed E-state index contributed by atoms with van der Waals surface area (Å²) in [5.74, 6) is 0. The van der Waals surface area contributed by atoms with Crippen molar-refractivity contribution >= 4 is 10.9 Å². The molecule has 17 heavy (non-hydrogen) atoms. The Bertz CT molecular complexity index is 611. The first-order valence-electron chi connectivity index (χ1n) is 5.88. The van der Waals surface area contributed by atoms with Crippen LogP contribution >= 0.6 is 0 Å². The van der Waals surface area contributed by atoms with Crippen LogP contribution in [0.3, 0.4) is 0 Å². The minimum absolute atomic E-state index is 1.07. The first-order chi connectivity index (χ1) is 8.42. The van der Waals surface area contributed by atoms with Crippen LogP contribution in [-0.2, 0) is 12.8 Å². The molecule has 3 aromatic rings. The summed E-state index contributed by atoms with van der Waals surface area (Å²) in [5, 5.41) is 8.22. The van der Waals surface area contributed by atoms with Crippen LogP contribution in [-0.4, -0.2) is 10.2 Å². The molecule has 0 saturated carbocycles. The van der Waals surface area contributed by atoms with Crippen LogP contribution in [0.5, 0.6) is 0 Å². The highest BCUT2D eigenvalue weighted by Crippen LogP contribution is 2.14. The quantitative estimate of drug-likeness (QED) is 0.723. The fraction of sp³-hybridized carbons (Fsp3) is 0.133. The van der Waals surface area contributed by atoms with Gasteiger partial charge in [0.15, 0.2) is 0 Å². The normalized spacial score (nSPS) is 10.8. The van der Waals surface area contributed by atoms with Crippen molar-refractivity contribution in [1.82, 2.24) is 10.2 Å². The van der Waals surface area contributed by atoms with Crippen molar-refractivity contribution in [3.05, 3.63) is 65.9 Å². The Morgan fingerprint density at radius 1 is 0.882 bits per heavy atom. The lowest BCUT2D eigenvalue weighted by molar-refractivity contribution is 0.961. The number of H-pyrrole nitrogens is 1. The number of fused-ring (bicyclic) bond motifs is 1. The van der Waals surface area contributed by atoms with Gasteiger partial charge in [-0.05, 0) is 30.0 Å². The molecule has 0 unspecified atom stereocenters. The van der Waals surface area contributed by atoms with Gasteiger partial charge in [-0.3, -0.25) is 5.10 Å². The number of nitrogens with zero attached hydrogens (tertiary/aromatic N) is 1. The van der Waals surface area contributed by atoms with Crippen molar-refractivity contribution in [2.45, 2.75) is 12.8 Å². The minimum atomic E-state index is 1.07. The lowest BCUT2D eigenvalue weighted by Crippen LogP contribution is -1.90. The molecule has 84 valence electrons. The Morgan fingerprint density at radius 2 is 1.71 bits per heavy atom. The second-order valence-electron chi connectivity index (χ2n) is 4.28. The Hall–Kier alpha value is -2.09. The number of aromatic amines is 1. The summed E-state index contributed by atoms with van der Waals surface area (Å²) in [4.78, 5) is 0. The summed E-state index contributed by atoms with van der Waals surface area (Å²) >= 11 is 0. The molecule has 0 amide bonds. The second kappa shape index (κ2) is 4.42. The minimum Gasteiger partial charge on any atom is -0.278 e. The van der Waals surface area contributed by atoms with Gasteiger partial charge >= 0.3 is 0 Å². The first kappa shape index (κ1) is 10.1. The van der Waals surface area contributed by atoms with Gasteiger partial charge in [-0.2, -0.15) is 5.10 Å². The molecule has 1 aromatic heterocycles. The number of aryl methyl sites for hydroxylation is 2. The predicted molar refractivity (Wildman–Crippen MR) is 69.9 cm³/mol. The predicted octanol–water partition coefficient (Wildman–Crippen LogP) is 3.35. The monoisotopic (exact) mass is 222 g/mol. The van der Waals surface area contributed by atoms with Gasteiger partial charge in [0.05, 0.1) is 11.7 Å². The zero-order valence-electron chi connectivity index (χ0n) is 9.56. The summed E-state index contributed by atoms with van der Waals surface area (Å²) in [7, 11) is 0. The highest BCUT2D eigenvalue weighted by molar-refractivity contribution is 5.78. The van der Waals surface area contributed by atoms with Crippen LogP contribution in [0, 0.1) is 0 Å². The summed E-state index contributed by atoms with van der Waals surface area (Å²) in [6, 6.07) is 17.1. The largest absolute Gasteiger partial charge is 0.278 e. The van der Waals surface area contributed by atoms with Crippen molar-refractivity contribution in [1.29, 1.82) is 0 Å². The van der Waals surface area contributed by atoms with E-state index >= 15 is 0 Å². The molecule has 0 bridgehead atoms. The second-order valence-corrected chi connectivity index (χ2v) is 4.28. The van der Waals surface area contributed by atoms with Crippen molar-refractivity contribution < 1.29 is 0 Å². The van der Waals surface area contributed by atoms with Gasteiger partial charge in [-0.25, -0.2) is 0 Å². The van der Waals surface area contributed by atoms with Crippen LogP contribution in [0.1, 0.15) is 11.1 Å². The summed E-state index contributed by atoms with van der Waals surface area (Å²) in [6.45, 7) is 0. The van der Waals surface area contributed by atoms with Crippen LogP contribution < -0.4 is 0 Å². The Labute approximate surface area is 100 Å². The van der Waals surface area contributed by atoms with Crippen LogP contribution in [0.15, 0.2) is 54.7 Å². The zero-order valence-corrected chi connectivity index (χ0v) is 9.56. The molecule has 0 spiro atoms. The number of hydrogen-bond donors (Lipinski definition) is 1. The van der Waals surface area contributed by atoms with Gasteiger partial charge in [0.1, 0.15) is 0 Å². The molecule has 0 fully saturated rings. The SMILES string of the molecule is c1ccc(CCc2ccc3cn[nH]c3c2)cc1. The third-order valence-electron chi connectivity index (χ3n) is 3.05. The van der Waals surface area contributed by atoms with Crippen LogP contribution in [0.2, 0.25) is 0 Å². The molecule has 1 heterocycles. The number of nitrogens with one attached hydrogen (secondary N) is 1. The zero-order chi connectivity index (χ0) is 11.5. The summed E-state index contributed by atoms with van der Waals surface area (Å²) in [5.41, 5.74) is 3.86. The Kier molecular flexibility index (Phi) is 2.62. The van der Waals surface area contributed by atoms with Crippen molar-refractivity contribution in [3.63, 3.8) is 0 Å². The van der Waals surface area contributed by atoms with Gasteiger partial charge in [0.2, 0.25) is 0 Å². The van der Waals surface area contributed by atoms with Gasteiger partial charge in [-0.15, -0.1) is 0 Å². The van der Waals surface area contributed by atoms with E-state index in [4.69, 9.17) is 0 Å². The molecule has 0 saturated heterocycles. The average molecular weight is 222 g/mol. The van der Waals surface area contributed by atoms with Crippen molar-refractivity contribution in [2.75, 3.05) is 0 Å². The third-order valence-corrected chi connectivity index (χ3v) is 3.05. The molecule has 3 rings (SSSR count). The molecule has 0 aliphatic rings. The molecule has 2 heteroatoms. The van der Waals surface area contributed by atoms with E-state index in [1.54, 1.807) is 0 Å². The first-order valence-corrected chi connectivity index (χ1v) is 5.88. The third kappa shape index (κ3) is 2.21. The topological polar surface area (TPSA) is 28.7 Å². The van der Waals surface area contributed by atoms with E-state index in [1.165, 1.54) is 16.5 Å². The number of benzene rings is 2. The van der Waals surface area contributed by atoms with Crippen LogP contribution in [0.25, 0.3) is 10.9 Å². The van der Waals surface area contributed by atoms with E-state index in [0.29, 0.717) is 0 Å². The Balaban J connectivity index is 1.76. The van der Waals surface area contributed by atoms with Gasteiger partial charge in [-0.1, -0.05) is 42.5 Å². The number of rotatable bonds is 3. The van der Waals surface area contributed by atoms with Gasteiger partial charge in [0.25, 0.3) is 0 Å². The fourth-order valence-electron chi connectivity index (χ4n) is 2.07. The molecule has 2 nitrogen and oxygen atoms in total.